The smallest absolute Gasteiger partial charge is 0.0922 e. The van der Waals surface area contributed by atoms with Crippen LogP contribution < -0.4 is 5.32 Å². The maximum Gasteiger partial charge on any atom is 0.0922 e. The molecule has 0 fully saturated rings. The van der Waals surface area contributed by atoms with Crippen LogP contribution in [0.3, 0.4) is 0 Å². The Morgan fingerprint density at radius 1 is 1.00 bits per heavy atom. The third-order valence-corrected chi connectivity index (χ3v) is 4.35. The lowest BCUT2D eigenvalue weighted by molar-refractivity contribution is 0.171. The van der Waals surface area contributed by atoms with Gasteiger partial charge in [-0.3, -0.25) is 0 Å². The molecular weight excluding hydrogens is 266 g/mol. The summed E-state index contributed by atoms with van der Waals surface area (Å²) in [6.45, 7) is 7.11. The minimum atomic E-state index is -0.432. The van der Waals surface area contributed by atoms with Gasteiger partial charge < -0.3 is 10.4 Å². The fourth-order valence-corrected chi connectivity index (χ4v) is 2.87. The summed E-state index contributed by atoms with van der Waals surface area (Å²) in [5.74, 6) is 0.563. The number of rotatable bonds is 6. The fourth-order valence-electron chi connectivity index (χ4n) is 2.16. The van der Waals surface area contributed by atoms with Gasteiger partial charge in [0.2, 0.25) is 0 Å². The topological polar surface area (TPSA) is 32.3 Å². The van der Waals surface area contributed by atoms with Crippen molar-refractivity contribution in [2.75, 3.05) is 6.54 Å². The number of hydrogen-bond donors (Lipinski definition) is 2. The van der Waals surface area contributed by atoms with Gasteiger partial charge in [0, 0.05) is 12.6 Å². The Kier molecular flexibility index (Phi) is 5.35. The van der Waals surface area contributed by atoms with Crippen molar-refractivity contribution >= 4 is 11.3 Å². The third kappa shape index (κ3) is 3.92. The predicted molar refractivity (Wildman–Crippen MR) is 86.2 cm³/mol. The van der Waals surface area contributed by atoms with Crippen LogP contribution in [0.4, 0.5) is 0 Å². The van der Waals surface area contributed by atoms with E-state index in [-0.39, 0.29) is 6.04 Å². The molecule has 0 aliphatic carbocycles. The number of thiophene rings is 1. The van der Waals surface area contributed by atoms with Crippen molar-refractivity contribution in [3.63, 3.8) is 0 Å². The van der Waals surface area contributed by atoms with E-state index in [1.807, 2.05) is 16.8 Å². The van der Waals surface area contributed by atoms with Crippen LogP contribution in [-0.4, -0.2) is 11.7 Å². The highest BCUT2D eigenvalue weighted by atomic mass is 32.1. The van der Waals surface area contributed by atoms with Crippen molar-refractivity contribution in [1.82, 2.24) is 5.32 Å². The normalized spacial score (nSPS) is 14.4. The molecule has 0 bridgehead atoms. The number of benzene rings is 1. The van der Waals surface area contributed by atoms with Gasteiger partial charge in [0.15, 0.2) is 0 Å². The third-order valence-electron chi connectivity index (χ3n) is 3.65. The van der Waals surface area contributed by atoms with E-state index in [9.17, 15) is 5.11 Å². The van der Waals surface area contributed by atoms with Gasteiger partial charge in [-0.1, -0.05) is 38.1 Å². The molecule has 0 aliphatic rings. The largest absolute Gasteiger partial charge is 0.387 e. The van der Waals surface area contributed by atoms with Crippen LogP contribution in [0.5, 0.6) is 0 Å². The van der Waals surface area contributed by atoms with Gasteiger partial charge in [0.1, 0.15) is 0 Å². The van der Waals surface area contributed by atoms with E-state index in [0.29, 0.717) is 12.5 Å². The van der Waals surface area contributed by atoms with Gasteiger partial charge in [-0.25, -0.2) is 0 Å². The standard InChI is InChI=1S/C17H23NOS/c1-12(2)14-4-6-15(7-5-14)13(3)18-10-17(19)16-8-9-20-11-16/h4-9,11-13,17-19H,10H2,1-3H3. The molecule has 1 aromatic heterocycles. The number of aliphatic hydroxyl groups excluding tert-OH is 1. The Labute approximate surface area is 125 Å². The molecule has 2 atom stereocenters. The van der Waals surface area contributed by atoms with Crippen LogP contribution in [-0.2, 0) is 0 Å². The molecule has 0 spiro atoms. The molecule has 1 aromatic carbocycles. The van der Waals surface area contributed by atoms with Crippen LogP contribution in [0.15, 0.2) is 41.1 Å². The zero-order valence-electron chi connectivity index (χ0n) is 12.3. The number of aliphatic hydroxyl groups is 1. The summed E-state index contributed by atoms with van der Waals surface area (Å²) in [5.41, 5.74) is 3.61. The Bertz CT molecular complexity index is 504. The first kappa shape index (κ1) is 15.2. The Morgan fingerprint density at radius 3 is 2.20 bits per heavy atom. The summed E-state index contributed by atoms with van der Waals surface area (Å²) in [7, 11) is 0. The minimum absolute atomic E-state index is 0.240. The summed E-state index contributed by atoms with van der Waals surface area (Å²) in [6, 6.07) is 10.9. The molecule has 108 valence electrons. The average Bonchev–Trinajstić information content (AvgIpc) is 2.98. The summed E-state index contributed by atoms with van der Waals surface area (Å²) >= 11 is 1.62. The second kappa shape index (κ2) is 7.02. The maximum absolute atomic E-state index is 10.1. The molecule has 2 aromatic rings. The maximum atomic E-state index is 10.1. The highest BCUT2D eigenvalue weighted by molar-refractivity contribution is 7.07. The van der Waals surface area contributed by atoms with Crippen molar-refractivity contribution < 1.29 is 5.11 Å². The average molecular weight is 289 g/mol. The zero-order chi connectivity index (χ0) is 14.5. The fraction of sp³-hybridized carbons (Fsp3) is 0.412. The molecule has 0 aliphatic heterocycles. The number of hydrogen-bond acceptors (Lipinski definition) is 3. The van der Waals surface area contributed by atoms with Crippen LogP contribution in [0, 0.1) is 0 Å². The van der Waals surface area contributed by atoms with Crippen LogP contribution >= 0.6 is 11.3 Å². The predicted octanol–water partition coefficient (Wildman–Crippen LogP) is 4.26. The molecule has 0 saturated carbocycles. The molecule has 20 heavy (non-hydrogen) atoms. The van der Waals surface area contributed by atoms with E-state index in [4.69, 9.17) is 0 Å². The quantitative estimate of drug-likeness (QED) is 0.833. The summed E-state index contributed by atoms with van der Waals surface area (Å²) in [5, 5.41) is 17.4. The summed E-state index contributed by atoms with van der Waals surface area (Å²) < 4.78 is 0. The molecule has 0 saturated heterocycles. The van der Waals surface area contributed by atoms with E-state index in [2.05, 4.69) is 50.4 Å². The van der Waals surface area contributed by atoms with Crippen molar-refractivity contribution in [2.24, 2.45) is 0 Å². The summed E-state index contributed by atoms with van der Waals surface area (Å²) in [4.78, 5) is 0. The van der Waals surface area contributed by atoms with Crippen LogP contribution in [0.25, 0.3) is 0 Å². The van der Waals surface area contributed by atoms with E-state index in [0.717, 1.165) is 5.56 Å². The first-order valence-corrected chi connectivity index (χ1v) is 8.05. The van der Waals surface area contributed by atoms with Gasteiger partial charge >= 0.3 is 0 Å². The molecule has 2 rings (SSSR count). The highest BCUT2D eigenvalue weighted by Crippen LogP contribution is 2.20. The van der Waals surface area contributed by atoms with E-state index >= 15 is 0 Å². The molecule has 2 N–H and O–H groups in total. The van der Waals surface area contributed by atoms with Crippen molar-refractivity contribution in [3.05, 3.63) is 57.8 Å². The Morgan fingerprint density at radius 2 is 1.65 bits per heavy atom. The molecule has 0 amide bonds. The first-order chi connectivity index (χ1) is 9.58. The lowest BCUT2D eigenvalue weighted by atomic mass is 9.99. The lowest BCUT2D eigenvalue weighted by Crippen LogP contribution is -2.24. The van der Waals surface area contributed by atoms with E-state index < -0.39 is 6.10 Å². The van der Waals surface area contributed by atoms with E-state index in [1.54, 1.807) is 11.3 Å². The van der Waals surface area contributed by atoms with Crippen LogP contribution in [0.2, 0.25) is 0 Å². The first-order valence-electron chi connectivity index (χ1n) is 7.11. The monoisotopic (exact) mass is 289 g/mol. The van der Waals surface area contributed by atoms with Crippen molar-refractivity contribution in [2.45, 2.75) is 38.8 Å². The SMILES string of the molecule is CC(C)c1ccc(C(C)NCC(O)c2ccsc2)cc1. The molecular formula is C17H23NOS. The zero-order valence-corrected chi connectivity index (χ0v) is 13.2. The molecule has 2 nitrogen and oxygen atoms in total. The van der Waals surface area contributed by atoms with Gasteiger partial charge in [-0.2, -0.15) is 11.3 Å². The van der Waals surface area contributed by atoms with Crippen molar-refractivity contribution in [1.29, 1.82) is 0 Å². The van der Waals surface area contributed by atoms with E-state index in [1.165, 1.54) is 11.1 Å². The van der Waals surface area contributed by atoms with Crippen LogP contribution in [0.1, 0.15) is 55.5 Å². The van der Waals surface area contributed by atoms with Gasteiger partial charge in [0.05, 0.1) is 6.10 Å². The Hall–Kier alpha value is -1.16. The number of nitrogens with one attached hydrogen (secondary N) is 1. The second-order valence-electron chi connectivity index (χ2n) is 5.52. The highest BCUT2D eigenvalue weighted by Gasteiger charge is 2.11. The Balaban J connectivity index is 1.89. The van der Waals surface area contributed by atoms with Gasteiger partial charge in [-0.15, -0.1) is 0 Å². The molecule has 1 heterocycles. The van der Waals surface area contributed by atoms with Gasteiger partial charge in [-0.05, 0) is 46.4 Å². The molecule has 2 unspecified atom stereocenters. The summed E-state index contributed by atoms with van der Waals surface area (Å²) in [6.07, 6.45) is -0.432. The van der Waals surface area contributed by atoms with Gasteiger partial charge in [0.25, 0.3) is 0 Å². The molecule has 3 heteroatoms. The second-order valence-corrected chi connectivity index (χ2v) is 6.30. The van der Waals surface area contributed by atoms with Crippen molar-refractivity contribution in [3.8, 4) is 0 Å². The minimum Gasteiger partial charge on any atom is -0.387 e. The lowest BCUT2D eigenvalue weighted by Gasteiger charge is -2.18. The molecule has 0 radical (unpaired) electrons.